The number of halogens is 1. The van der Waals surface area contributed by atoms with Crippen LogP contribution in [-0.2, 0) is 11.3 Å². The highest BCUT2D eigenvalue weighted by Crippen LogP contribution is 2.39. The summed E-state index contributed by atoms with van der Waals surface area (Å²) in [5.41, 5.74) is 6.23. The van der Waals surface area contributed by atoms with Gasteiger partial charge < -0.3 is 9.72 Å². The highest BCUT2D eigenvalue weighted by Gasteiger charge is 2.22. The summed E-state index contributed by atoms with van der Waals surface area (Å²) < 4.78 is 14.9. The first-order valence-corrected chi connectivity index (χ1v) is 14.3. The monoisotopic (exact) mass is 528 g/mol. The molecule has 3 aromatic heterocycles. The summed E-state index contributed by atoms with van der Waals surface area (Å²) in [6, 6.07) is 16.5. The number of hydrogen-bond acceptors (Lipinski definition) is 5. The summed E-state index contributed by atoms with van der Waals surface area (Å²) >= 11 is 0. The summed E-state index contributed by atoms with van der Waals surface area (Å²) in [6.07, 6.45) is 9.94. The largest absolute Gasteiger partial charge is 0.327 e. The fraction of sp³-hybridized carbons (Fsp3) is 0.241. The highest BCUT2D eigenvalue weighted by atomic mass is 31.1. The van der Waals surface area contributed by atoms with Gasteiger partial charge in [-0.05, 0) is 37.3 Å². The van der Waals surface area contributed by atoms with Crippen LogP contribution in [0.2, 0.25) is 0 Å². The number of benzene rings is 2. The van der Waals surface area contributed by atoms with Crippen molar-refractivity contribution in [2.75, 3.05) is 30.7 Å². The topological polar surface area (TPSA) is 75.4 Å². The van der Waals surface area contributed by atoms with Crippen molar-refractivity contribution in [3.8, 4) is 0 Å². The van der Waals surface area contributed by atoms with Crippen molar-refractivity contribution in [2.45, 2.75) is 20.4 Å². The minimum Gasteiger partial charge on any atom is -0.327 e. The molecule has 2 aromatic carbocycles. The molecule has 0 atom stereocenters. The average Bonchev–Trinajstić information content (AvgIpc) is 3.32. The van der Waals surface area contributed by atoms with Crippen molar-refractivity contribution in [3.63, 3.8) is 0 Å². The molecule has 5 aromatic rings. The molecule has 4 heterocycles. The summed E-state index contributed by atoms with van der Waals surface area (Å²) in [6.45, 7) is 7.32. The molecule has 1 N–H and O–H groups in total. The summed E-state index contributed by atoms with van der Waals surface area (Å²) in [5.74, 6) is -0.454. The van der Waals surface area contributed by atoms with Crippen LogP contribution in [0.15, 0.2) is 73.3 Å². The van der Waals surface area contributed by atoms with E-state index in [2.05, 4.69) is 74.6 Å². The number of nitrogens with one attached hydrogen (secondary N) is 1. The van der Waals surface area contributed by atoms with Gasteiger partial charge in [0.25, 0.3) is 0 Å². The second-order valence-corrected chi connectivity index (χ2v) is 11.8. The zero-order valence-electron chi connectivity index (χ0n) is 21.5. The van der Waals surface area contributed by atoms with E-state index < -0.39 is 5.82 Å². The van der Waals surface area contributed by atoms with Gasteiger partial charge in [-0.25, -0.2) is 9.37 Å². The summed E-state index contributed by atoms with van der Waals surface area (Å²) in [4.78, 5) is 25.9. The molecule has 0 unspecified atom stereocenters. The van der Waals surface area contributed by atoms with Gasteiger partial charge in [-0.15, -0.1) is 0 Å². The van der Waals surface area contributed by atoms with Crippen LogP contribution in [0.25, 0.3) is 16.7 Å². The molecule has 0 aliphatic carbocycles. The van der Waals surface area contributed by atoms with Gasteiger partial charge in [0.15, 0.2) is 11.5 Å². The van der Waals surface area contributed by atoms with Crippen LogP contribution in [0.4, 0.5) is 10.1 Å². The third-order valence-electron chi connectivity index (χ3n) is 6.62. The minimum absolute atomic E-state index is 0.124. The van der Waals surface area contributed by atoms with E-state index in [-0.39, 0.29) is 13.6 Å². The van der Waals surface area contributed by atoms with Gasteiger partial charge in [0.1, 0.15) is 0 Å². The quantitative estimate of drug-likeness (QED) is 0.259. The third-order valence-corrected chi connectivity index (χ3v) is 9.14. The Bertz CT molecular complexity index is 1550. The highest BCUT2D eigenvalue weighted by molar-refractivity contribution is 7.66. The Morgan fingerprint density at radius 3 is 2.47 bits per heavy atom. The summed E-state index contributed by atoms with van der Waals surface area (Å²) in [5, 5.41) is 3.82. The van der Waals surface area contributed by atoms with E-state index in [4.69, 9.17) is 0 Å². The normalized spacial score (nSPS) is 14.3. The SMILES string of the molecule is Cc1ccc(P2CCN(Cc3ccccc3)CC2)c2nccnc12.Cc1cn2cc(NC=O)cc(F)c2n1. The van der Waals surface area contributed by atoms with Gasteiger partial charge in [0.2, 0.25) is 6.41 Å². The molecule has 6 rings (SSSR count). The van der Waals surface area contributed by atoms with Crippen LogP contribution in [0.1, 0.15) is 16.8 Å². The predicted octanol–water partition coefficient (Wildman–Crippen LogP) is 4.91. The lowest BCUT2D eigenvalue weighted by Gasteiger charge is -2.32. The van der Waals surface area contributed by atoms with Crippen molar-refractivity contribution >= 4 is 42.0 Å². The maximum atomic E-state index is 13.3. The van der Waals surface area contributed by atoms with Crippen LogP contribution in [-0.4, -0.2) is 56.1 Å². The predicted molar refractivity (Wildman–Crippen MR) is 152 cm³/mol. The summed E-state index contributed by atoms with van der Waals surface area (Å²) in [7, 11) is -0.124. The molecule has 1 saturated heterocycles. The molecule has 1 fully saturated rings. The number of fused-ring (bicyclic) bond motifs is 2. The number of aromatic nitrogens is 4. The minimum atomic E-state index is -0.454. The number of carbonyl (C=O) groups excluding carboxylic acids is 1. The van der Waals surface area contributed by atoms with Crippen LogP contribution in [0.3, 0.4) is 0 Å². The standard InChI is InChI=1S/C20H22N3P.C9H8FN3O/c1-16-7-8-18(20-19(16)21-9-10-22-20)24-13-11-23(12-14-24)15-17-5-3-2-4-6-17;1-6-3-13-4-7(11-5-14)2-8(10)9(13)12-6/h2-10H,11-15H2,1H3;2-5H,1H3,(H,11,14). The van der Waals surface area contributed by atoms with Crippen LogP contribution < -0.4 is 10.6 Å². The van der Waals surface area contributed by atoms with E-state index in [1.807, 2.05) is 6.20 Å². The number of hydrogen-bond donors (Lipinski definition) is 1. The number of pyridine rings is 1. The molecule has 0 saturated carbocycles. The van der Waals surface area contributed by atoms with E-state index in [0.29, 0.717) is 12.1 Å². The van der Waals surface area contributed by atoms with Gasteiger partial charge in [-0.1, -0.05) is 50.4 Å². The van der Waals surface area contributed by atoms with Crippen molar-refractivity contribution in [3.05, 3.63) is 96.0 Å². The molecule has 1 aliphatic rings. The zero-order chi connectivity index (χ0) is 26.5. The number of imidazole rings is 1. The van der Waals surface area contributed by atoms with Crippen LogP contribution >= 0.6 is 7.92 Å². The van der Waals surface area contributed by atoms with E-state index in [1.165, 1.54) is 52.3 Å². The lowest BCUT2D eigenvalue weighted by atomic mass is 10.2. The molecular weight excluding hydrogens is 498 g/mol. The first kappa shape index (κ1) is 25.9. The van der Waals surface area contributed by atoms with Crippen LogP contribution in [0.5, 0.6) is 0 Å². The maximum absolute atomic E-state index is 13.3. The Labute approximate surface area is 222 Å². The van der Waals surface area contributed by atoms with Gasteiger partial charge in [-0.2, -0.15) is 0 Å². The Hall–Kier alpha value is -3.74. The average molecular weight is 529 g/mol. The second kappa shape index (κ2) is 11.8. The first-order valence-electron chi connectivity index (χ1n) is 12.6. The Morgan fingerprint density at radius 1 is 1.00 bits per heavy atom. The molecule has 0 spiro atoms. The molecule has 0 bridgehead atoms. The first-order chi connectivity index (χ1) is 18.5. The molecule has 1 aliphatic heterocycles. The van der Waals surface area contributed by atoms with Crippen molar-refractivity contribution in [1.82, 2.24) is 24.3 Å². The Morgan fingerprint density at radius 2 is 1.74 bits per heavy atom. The van der Waals surface area contributed by atoms with E-state index in [1.54, 1.807) is 25.5 Å². The smallest absolute Gasteiger partial charge is 0.211 e. The zero-order valence-corrected chi connectivity index (χ0v) is 22.4. The Kier molecular flexibility index (Phi) is 8.01. The molecule has 194 valence electrons. The fourth-order valence-corrected chi connectivity index (χ4v) is 7.25. The Balaban J connectivity index is 0.000000179. The van der Waals surface area contributed by atoms with Crippen molar-refractivity contribution in [2.24, 2.45) is 0 Å². The van der Waals surface area contributed by atoms with E-state index in [9.17, 15) is 9.18 Å². The van der Waals surface area contributed by atoms with E-state index >= 15 is 0 Å². The van der Waals surface area contributed by atoms with Crippen LogP contribution in [0, 0.1) is 19.7 Å². The van der Waals surface area contributed by atoms with Crippen molar-refractivity contribution < 1.29 is 9.18 Å². The molecule has 38 heavy (non-hydrogen) atoms. The van der Waals surface area contributed by atoms with Gasteiger partial charge in [0.05, 0.1) is 22.4 Å². The molecule has 1 amide bonds. The number of rotatable bonds is 5. The molecule has 0 radical (unpaired) electrons. The second-order valence-electron chi connectivity index (χ2n) is 9.36. The van der Waals surface area contributed by atoms with Crippen molar-refractivity contribution in [1.29, 1.82) is 0 Å². The lowest BCUT2D eigenvalue weighted by molar-refractivity contribution is -0.105. The van der Waals surface area contributed by atoms with Gasteiger partial charge >= 0.3 is 0 Å². The number of amides is 1. The number of anilines is 1. The lowest BCUT2D eigenvalue weighted by Crippen LogP contribution is -2.35. The fourth-order valence-electron chi connectivity index (χ4n) is 4.75. The maximum Gasteiger partial charge on any atom is 0.211 e. The number of carbonyl (C=O) groups is 1. The van der Waals surface area contributed by atoms with Gasteiger partial charge in [0, 0.05) is 55.8 Å². The number of nitrogens with zero attached hydrogens (tertiary/aromatic N) is 5. The molecular formula is C29H30FN6OP. The number of aryl methyl sites for hydroxylation is 2. The van der Waals surface area contributed by atoms with Gasteiger partial charge in [-0.3, -0.25) is 19.7 Å². The van der Waals surface area contributed by atoms with E-state index in [0.717, 1.165) is 23.3 Å². The molecule has 7 nitrogen and oxygen atoms in total. The third kappa shape index (κ3) is 5.87. The molecule has 9 heteroatoms.